The fraction of sp³-hybridized carbons (Fsp3) is 0.105. The molecule has 0 spiro atoms. The van der Waals surface area contributed by atoms with Crippen LogP contribution in [0, 0.1) is 0 Å². The van der Waals surface area contributed by atoms with E-state index in [1.165, 1.54) is 24.3 Å². The molecule has 3 rings (SSSR count). The number of hydrogen-bond donors (Lipinski definition) is 2. The van der Waals surface area contributed by atoms with Gasteiger partial charge in [-0.15, -0.1) is 0 Å². The van der Waals surface area contributed by atoms with Crippen LogP contribution >= 0.6 is 11.8 Å². The van der Waals surface area contributed by atoms with Gasteiger partial charge in [-0.05, 0) is 59.8 Å². The summed E-state index contributed by atoms with van der Waals surface area (Å²) >= 11 is 0.785. The van der Waals surface area contributed by atoms with Crippen LogP contribution in [-0.2, 0) is 9.59 Å². The maximum absolute atomic E-state index is 12.5. The molecule has 1 aliphatic rings. The maximum Gasteiger partial charge on any atom is 0.294 e. The van der Waals surface area contributed by atoms with Gasteiger partial charge in [0.25, 0.3) is 11.1 Å². The van der Waals surface area contributed by atoms with Gasteiger partial charge in [0.2, 0.25) is 5.91 Å². The SMILES string of the molecule is COc1cccc(/C=C2\SC(=O)N(CC(=O)Nc3ccc(O)cc3)C2=O)c1. The number of phenolic OH excluding ortho intramolecular Hbond substituents is 1. The number of imide groups is 1. The second-order valence-electron chi connectivity index (χ2n) is 5.64. The number of anilines is 1. The van der Waals surface area contributed by atoms with Crippen LogP contribution in [0.3, 0.4) is 0 Å². The minimum atomic E-state index is -0.520. The summed E-state index contributed by atoms with van der Waals surface area (Å²) in [5.74, 6) is -0.322. The molecule has 0 bridgehead atoms. The van der Waals surface area contributed by atoms with Gasteiger partial charge in [0.1, 0.15) is 18.0 Å². The zero-order valence-corrected chi connectivity index (χ0v) is 15.2. The number of thioether (sulfide) groups is 1. The van der Waals surface area contributed by atoms with Gasteiger partial charge in [-0.25, -0.2) is 0 Å². The first-order valence-corrected chi connectivity index (χ1v) is 8.76. The van der Waals surface area contributed by atoms with Gasteiger partial charge in [-0.3, -0.25) is 19.3 Å². The maximum atomic E-state index is 12.5. The van der Waals surface area contributed by atoms with Crippen molar-refractivity contribution in [1.82, 2.24) is 4.90 Å². The Bertz CT molecular complexity index is 924. The number of ether oxygens (including phenoxy) is 1. The van der Waals surface area contributed by atoms with Crippen LogP contribution in [-0.4, -0.2) is 40.7 Å². The van der Waals surface area contributed by atoms with Gasteiger partial charge in [-0.1, -0.05) is 12.1 Å². The van der Waals surface area contributed by atoms with Crippen molar-refractivity contribution in [2.24, 2.45) is 0 Å². The van der Waals surface area contributed by atoms with E-state index in [9.17, 15) is 19.5 Å². The number of carbonyl (C=O) groups excluding carboxylic acids is 3. The molecule has 0 unspecified atom stereocenters. The number of hydrogen-bond acceptors (Lipinski definition) is 6. The van der Waals surface area contributed by atoms with Crippen molar-refractivity contribution in [3.05, 3.63) is 59.0 Å². The summed E-state index contributed by atoms with van der Waals surface area (Å²) in [4.78, 5) is 37.9. The Morgan fingerprint density at radius 3 is 2.67 bits per heavy atom. The predicted molar refractivity (Wildman–Crippen MR) is 102 cm³/mol. The minimum absolute atomic E-state index is 0.0709. The van der Waals surface area contributed by atoms with Crippen molar-refractivity contribution in [2.75, 3.05) is 19.0 Å². The topological polar surface area (TPSA) is 95.9 Å². The van der Waals surface area contributed by atoms with E-state index in [0.29, 0.717) is 17.0 Å². The Kier molecular flexibility index (Phi) is 5.46. The van der Waals surface area contributed by atoms with Gasteiger partial charge in [-0.2, -0.15) is 0 Å². The van der Waals surface area contributed by atoms with Crippen LogP contribution in [0.1, 0.15) is 5.56 Å². The number of phenols is 1. The van der Waals surface area contributed by atoms with E-state index in [2.05, 4.69) is 5.32 Å². The fourth-order valence-electron chi connectivity index (χ4n) is 2.41. The Balaban J connectivity index is 1.69. The monoisotopic (exact) mass is 384 g/mol. The predicted octanol–water partition coefficient (Wildman–Crippen LogP) is 3.08. The molecule has 2 aromatic carbocycles. The van der Waals surface area contributed by atoms with Crippen LogP contribution in [0.4, 0.5) is 10.5 Å². The molecule has 0 radical (unpaired) electrons. The van der Waals surface area contributed by atoms with E-state index in [1.54, 1.807) is 37.5 Å². The van der Waals surface area contributed by atoms with Crippen LogP contribution in [0.25, 0.3) is 6.08 Å². The van der Waals surface area contributed by atoms with Crippen molar-refractivity contribution in [3.63, 3.8) is 0 Å². The normalized spacial score (nSPS) is 15.3. The highest BCUT2D eigenvalue weighted by Crippen LogP contribution is 2.32. The number of nitrogens with zero attached hydrogens (tertiary/aromatic N) is 1. The summed E-state index contributed by atoms with van der Waals surface area (Å²) in [6, 6.07) is 13.0. The third-order valence-electron chi connectivity index (χ3n) is 3.72. The van der Waals surface area contributed by atoms with Crippen molar-refractivity contribution >= 4 is 40.6 Å². The average Bonchev–Trinajstić information content (AvgIpc) is 2.91. The molecule has 1 heterocycles. The lowest BCUT2D eigenvalue weighted by atomic mass is 10.2. The molecule has 2 N–H and O–H groups in total. The van der Waals surface area contributed by atoms with Crippen LogP contribution in [0.2, 0.25) is 0 Å². The molecular weight excluding hydrogens is 368 g/mol. The first-order valence-electron chi connectivity index (χ1n) is 7.94. The number of methoxy groups -OCH3 is 1. The molecule has 0 atom stereocenters. The summed E-state index contributed by atoms with van der Waals surface area (Å²) < 4.78 is 5.14. The number of amides is 3. The second kappa shape index (κ2) is 7.96. The van der Waals surface area contributed by atoms with Crippen molar-refractivity contribution < 1.29 is 24.2 Å². The average molecular weight is 384 g/mol. The lowest BCUT2D eigenvalue weighted by molar-refractivity contribution is -0.127. The molecule has 1 saturated heterocycles. The summed E-state index contributed by atoms with van der Waals surface area (Å²) in [6.07, 6.45) is 1.59. The molecule has 8 heteroatoms. The number of nitrogens with one attached hydrogen (secondary N) is 1. The zero-order chi connectivity index (χ0) is 19.4. The Hall–Kier alpha value is -3.26. The first-order chi connectivity index (χ1) is 13.0. The standard InChI is InChI=1S/C19H16N2O5S/c1-26-15-4-2-3-12(9-15)10-16-18(24)21(19(25)27-16)11-17(23)20-13-5-7-14(22)8-6-13/h2-10,22H,11H2,1H3,(H,20,23)/b16-10-. The molecule has 0 aromatic heterocycles. The molecule has 0 saturated carbocycles. The number of benzene rings is 2. The molecule has 0 aliphatic carbocycles. The lowest BCUT2D eigenvalue weighted by Crippen LogP contribution is -2.36. The summed E-state index contributed by atoms with van der Waals surface area (Å²) in [7, 11) is 1.54. The third kappa shape index (κ3) is 4.48. The van der Waals surface area contributed by atoms with Crippen LogP contribution < -0.4 is 10.1 Å². The van der Waals surface area contributed by atoms with Gasteiger partial charge >= 0.3 is 0 Å². The lowest BCUT2D eigenvalue weighted by Gasteiger charge is -2.12. The van der Waals surface area contributed by atoms with E-state index in [-0.39, 0.29) is 17.2 Å². The fourth-order valence-corrected chi connectivity index (χ4v) is 3.25. The summed E-state index contributed by atoms with van der Waals surface area (Å²) in [5, 5.41) is 11.3. The van der Waals surface area contributed by atoms with Crippen molar-refractivity contribution in [3.8, 4) is 11.5 Å². The molecule has 7 nitrogen and oxygen atoms in total. The highest BCUT2D eigenvalue weighted by molar-refractivity contribution is 8.18. The minimum Gasteiger partial charge on any atom is -0.508 e. The summed E-state index contributed by atoms with van der Waals surface area (Å²) in [6.45, 7) is -0.388. The van der Waals surface area contributed by atoms with E-state index in [0.717, 1.165) is 16.7 Å². The smallest absolute Gasteiger partial charge is 0.294 e. The molecule has 3 amide bonds. The third-order valence-corrected chi connectivity index (χ3v) is 4.63. The highest BCUT2D eigenvalue weighted by Gasteiger charge is 2.36. The first kappa shape index (κ1) is 18.5. The molecule has 1 fully saturated rings. The van der Waals surface area contributed by atoms with Gasteiger partial charge < -0.3 is 15.2 Å². The molecule has 138 valence electrons. The second-order valence-corrected chi connectivity index (χ2v) is 6.63. The zero-order valence-electron chi connectivity index (χ0n) is 14.3. The van der Waals surface area contributed by atoms with E-state index < -0.39 is 17.1 Å². The van der Waals surface area contributed by atoms with Gasteiger partial charge in [0.05, 0.1) is 12.0 Å². The number of aromatic hydroxyl groups is 1. The quantitative estimate of drug-likeness (QED) is 0.608. The van der Waals surface area contributed by atoms with E-state index >= 15 is 0 Å². The molecule has 2 aromatic rings. The van der Waals surface area contributed by atoms with Crippen LogP contribution in [0.5, 0.6) is 11.5 Å². The number of rotatable bonds is 5. The van der Waals surface area contributed by atoms with Crippen LogP contribution in [0.15, 0.2) is 53.4 Å². The molecule has 1 aliphatic heterocycles. The van der Waals surface area contributed by atoms with E-state index in [4.69, 9.17) is 4.74 Å². The van der Waals surface area contributed by atoms with Gasteiger partial charge in [0, 0.05) is 5.69 Å². The molecular formula is C19H16N2O5S. The highest BCUT2D eigenvalue weighted by atomic mass is 32.2. The Morgan fingerprint density at radius 2 is 1.96 bits per heavy atom. The van der Waals surface area contributed by atoms with Crippen molar-refractivity contribution in [1.29, 1.82) is 0 Å². The summed E-state index contributed by atoms with van der Waals surface area (Å²) in [5.41, 5.74) is 1.17. The Morgan fingerprint density at radius 1 is 1.22 bits per heavy atom. The largest absolute Gasteiger partial charge is 0.508 e. The van der Waals surface area contributed by atoms with E-state index in [1.807, 2.05) is 0 Å². The Labute approximate surface area is 159 Å². The van der Waals surface area contributed by atoms with Crippen molar-refractivity contribution in [2.45, 2.75) is 0 Å². The van der Waals surface area contributed by atoms with Gasteiger partial charge in [0.15, 0.2) is 0 Å². The molecule has 27 heavy (non-hydrogen) atoms. The number of carbonyl (C=O) groups is 3.